The lowest BCUT2D eigenvalue weighted by Crippen LogP contribution is -2.33. The standard InChI is InChI=1S/C14H28N2O/c1-2-5-14(4-1)16-10-9-15-8-3-11-17-12-13-6-7-13/h13-16H,1-12H2. The summed E-state index contributed by atoms with van der Waals surface area (Å²) in [7, 11) is 0. The zero-order chi connectivity index (χ0) is 11.8. The molecule has 0 atom stereocenters. The minimum Gasteiger partial charge on any atom is -0.381 e. The Balaban J connectivity index is 1.27. The molecule has 0 aromatic carbocycles. The first-order chi connectivity index (χ1) is 8.45. The summed E-state index contributed by atoms with van der Waals surface area (Å²) in [6.45, 7) is 5.24. The average Bonchev–Trinajstić information content (AvgIpc) is 3.02. The van der Waals surface area contributed by atoms with Crippen LogP contribution >= 0.6 is 0 Å². The molecule has 0 amide bonds. The second-order valence-corrected chi connectivity index (χ2v) is 5.56. The molecular weight excluding hydrogens is 212 g/mol. The van der Waals surface area contributed by atoms with E-state index in [1.165, 1.54) is 38.5 Å². The number of hydrogen-bond donors (Lipinski definition) is 2. The topological polar surface area (TPSA) is 33.3 Å². The predicted molar refractivity (Wildman–Crippen MR) is 71.3 cm³/mol. The van der Waals surface area contributed by atoms with Crippen molar-refractivity contribution in [2.45, 2.75) is 51.0 Å². The largest absolute Gasteiger partial charge is 0.381 e. The second kappa shape index (κ2) is 8.06. The van der Waals surface area contributed by atoms with Crippen molar-refractivity contribution < 1.29 is 4.74 Å². The summed E-state index contributed by atoms with van der Waals surface area (Å²) in [5.74, 6) is 0.901. The Morgan fingerprint density at radius 2 is 1.76 bits per heavy atom. The van der Waals surface area contributed by atoms with Gasteiger partial charge in [0.1, 0.15) is 0 Å². The van der Waals surface area contributed by atoms with Crippen molar-refractivity contribution in [3.63, 3.8) is 0 Å². The van der Waals surface area contributed by atoms with Gasteiger partial charge in [-0.05, 0) is 44.6 Å². The van der Waals surface area contributed by atoms with Crippen molar-refractivity contribution in [2.24, 2.45) is 5.92 Å². The maximum Gasteiger partial charge on any atom is 0.0494 e. The van der Waals surface area contributed by atoms with Gasteiger partial charge in [-0.1, -0.05) is 12.8 Å². The van der Waals surface area contributed by atoms with Crippen molar-refractivity contribution >= 4 is 0 Å². The van der Waals surface area contributed by atoms with Crippen LogP contribution in [0.5, 0.6) is 0 Å². The molecule has 2 aliphatic carbocycles. The minimum atomic E-state index is 0.804. The summed E-state index contributed by atoms with van der Waals surface area (Å²) in [5.41, 5.74) is 0. The molecule has 0 aromatic rings. The molecule has 0 saturated heterocycles. The van der Waals surface area contributed by atoms with E-state index in [9.17, 15) is 0 Å². The molecule has 2 rings (SSSR count). The zero-order valence-corrected chi connectivity index (χ0v) is 11.0. The first kappa shape index (κ1) is 13.3. The normalized spacial score (nSPS) is 21.2. The lowest BCUT2D eigenvalue weighted by molar-refractivity contribution is 0.122. The number of hydrogen-bond acceptors (Lipinski definition) is 3. The maximum atomic E-state index is 5.59. The predicted octanol–water partition coefficient (Wildman–Crippen LogP) is 1.92. The SMILES string of the molecule is C(CNCCNC1CCCC1)COCC1CC1. The number of nitrogens with one attached hydrogen (secondary N) is 2. The Bertz CT molecular complexity index is 189. The zero-order valence-electron chi connectivity index (χ0n) is 11.0. The van der Waals surface area contributed by atoms with Gasteiger partial charge in [0.05, 0.1) is 0 Å². The number of rotatable bonds is 10. The third kappa shape index (κ3) is 6.39. The van der Waals surface area contributed by atoms with E-state index in [1.807, 2.05) is 0 Å². The highest BCUT2D eigenvalue weighted by Gasteiger charge is 2.20. The van der Waals surface area contributed by atoms with E-state index >= 15 is 0 Å². The van der Waals surface area contributed by atoms with Crippen molar-refractivity contribution in [1.82, 2.24) is 10.6 Å². The highest BCUT2D eigenvalue weighted by molar-refractivity contribution is 4.73. The Hall–Kier alpha value is -0.120. The molecule has 0 spiro atoms. The first-order valence-corrected chi connectivity index (χ1v) is 7.47. The van der Waals surface area contributed by atoms with E-state index < -0.39 is 0 Å². The van der Waals surface area contributed by atoms with Crippen LogP contribution in [0.1, 0.15) is 44.9 Å². The van der Waals surface area contributed by atoms with Crippen LogP contribution in [-0.4, -0.2) is 38.9 Å². The Morgan fingerprint density at radius 1 is 0.941 bits per heavy atom. The molecule has 0 aromatic heterocycles. The molecule has 0 radical (unpaired) electrons. The van der Waals surface area contributed by atoms with Gasteiger partial charge in [0.2, 0.25) is 0 Å². The van der Waals surface area contributed by atoms with Gasteiger partial charge >= 0.3 is 0 Å². The molecule has 2 N–H and O–H groups in total. The fourth-order valence-corrected chi connectivity index (χ4v) is 2.45. The van der Waals surface area contributed by atoms with Crippen LogP contribution in [0.3, 0.4) is 0 Å². The second-order valence-electron chi connectivity index (χ2n) is 5.56. The molecule has 2 fully saturated rings. The van der Waals surface area contributed by atoms with Crippen molar-refractivity contribution in [1.29, 1.82) is 0 Å². The molecule has 3 heteroatoms. The van der Waals surface area contributed by atoms with Crippen LogP contribution in [0.25, 0.3) is 0 Å². The van der Waals surface area contributed by atoms with E-state index in [-0.39, 0.29) is 0 Å². The molecule has 2 saturated carbocycles. The molecule has 0 unspecified atom stereocenters. The summed E-state index contributed by atoms with van der Waals surface area (Å²) < 4.78 is 5.59. The van der Waals surface area contributed by atoms with Crippen LogP contribution in [0.4, 0.5) is 0 Å². The molecule has 0 heterocycles. The fourth-order valence-electron chi connectivity index (χ4n) is 2.45. The quantitative estimate of drug-likeness (QED) is 0.572. The van der Waals surface area contributed by atoms with Crippen LogP contribution in [0.15, 0.2) is 0 Å². The monoisotopic (exact) mass is 240 g/mol. The van der Waals surface area contributed by atoms with E-state index in [2.05, 4.69) is 10.6 Å². The van der Waals surface area contributed by atoms with Gasteiger partial charge in [-0.25, -0.2) is 0 Å². The van der Waals surface area contributed by atoms with E-state index in [0.29, 0.717) is 0 Å². The minimum absolute atomic E-state index is 0.804. The smallest absolute Gasteiger partial charge is 0.0494 e. The van der Waals surface area contributed by atoms with Gasteiger partial charge in [0.15, 0.2) is 0 Å². The van der Waals surface area contributed by atoms with E-state index in [1.54, 1.807) is 0 Å². The summed E-state index contributed by atoms with van der Waals surface area (Å²) in [4.78, 5) is 0. The van der Waals surface area contributed by atoms with E-state index in [0.717, 1.165) is 51.2 Å². The lowest BCUT2D eigenvalue weighted by atomic mass is 10.2. The summed E-state index contributed by atoms with van der Waals surface area (Å²) in [6, 6.07) is 0.804. The average molecular weight is 240 g/mol. The molecule has 0 bridgehead atoms. The number of ether oxygens (including phenoxy) is 1. The van der Waals surface area contributed by atoms with Crippen molar-refractivity contribution in [3.05, 3.63) is 0 Å². The first-order valence-electron chi connectivity index (χ1n) is 7.47. The fraction of sp³-hybridized carbons (Fsp3) is 1.00. The van der Waals surface area contributed by atoms with Crippen LogP contribution in [0.2, 0.25) is 0 Å². The summed E-state index contributed by atoms with van der Waals surface area (Å²) in [6.07, 6.45) is 9.54. The maximum absolute atomic E-state index is 5.59. The van der Waals surface area contributed by atoms with Gasteiger partial charge < -0.3 is 15.4 Å². The van der Waals surface area contributed by atoms with Gasteiger partial charge in [-0.3, -0.25) is 0 Å². The Labute approximate surface area is 106 Å². The van der Waals surface area contributed by atoms with Gasteiger partial charge in [-0.15, -0.1) is 0 Å². The van der Waals surface area contributed by atoms with Crippen molar-refractivity contribution in [3.8, 4) is 0 Å². The van der Waals surface area contributed by atoms with Crippen LogP contribution < -0.4 is 10.6 Å². The van der Waals surface area contributed by atoms with Crippen LogP contribution in [0, 0.1) is 5.92 Å². The Kier molecular flexibility index (Phi) is 6.32. The highest BCUT2D eigenvalue weighted by Crippen LogP contribution is 2.28. The summed E-state index contributed by atoms with van der Waals surface area (Å²) in [5, 5.41) is 7.08. The lowest BCUT2D eigenvalue weighted by Gasteiger charge is -2.12. The molecule has 100 valence electrons. The van der Waals surface area contributed by atoms with Crippen molar-refractivity contribution in [2.75, 3.05) is 32.8 Å². The Morgan fingerprint density at radius 3 is 2.53 bits per heavy atom. The van der Waals surface area contributed by atoms with Gasteiger partial charge in [-0.2, -0.15) is 0 Å². The molecule has 17 heavy (non-hydrogen) atoms. The molecule has 3 nitrogen and oxygen atoms in total. The molecule has 2 aliphatic rings. The molecular formula is C14H28N2O. The van der Waals surface area contributed by atoms with Crippen LogP contribution in [-0.2, 0) is 4.74 Å². The molecule has 0 aliphatic heterocycles. The van der Waals surface area contributed by atoms with E-state index in [4.69, 9.17) is 4.74 Å². The summed E-state index contributed by atoms with van der Waals surface area (Å²) >= 11 is 0. The third-order valence-electron chi connectivity index (χ3n) is 3.78. The van der Waals surface area contributed by atoms with Gasteiger partial charge in [0, 0.05) is 32.3 Å². The van der Waals surface area contributed by atoms with Gasteiger partial charge in [0.25, 0.3) is 0 Å². The third-order valence-corrected chi connectivity index (χ3v) is 3.78. The highest BCUT2D eigenvalue weighted by atomic mass is 16.5.